The highest BCUT2D eigenvalue weighted by atomic mass is 19.1. The van der Waals surface area contributed by atoms with Crippen molar-refractivity contribution in [3.63, 3.8) is 0 Å². The van der Waals surface area contributed by atoms with E-state index in [1.807, 2.05) is 6.20 Å². The lowest BCUT2D eigenvalue weighted by atomic mass is 10.1. The molecule has 1 atom stereocenters. The maximum Gasteiger partial charge on any atom is 0.254 e. The van der Waals surface area contributed by atoms with Gasteiger partial charge in [0.15, 0.2) is 0 Å². The van der Waals surface area contributed by atoms with Crippen molar-refractivity contribution < 1.29 is 13.9 Å². The van der Waals surface area contributed by atoms with Gasteiger partial charge in [-0.3, -0.25) is 9.69 Å². The summed E-state index contributed by atoms with van der Waals surface area (Å²) in [5.74, 6) is 0.309. The normalized spacial score (nSPS) is 21.3. The molecular weight excluding hydrogens is 337 g/mol. The third kappa shape index (κ3) is 3.76. The van der Waals surface area contributed by atoms with Crippen molar-refractivity contribution in [1.29, 1.82) is 0 Å². The van der Waals surface area contributed by atoms with Crippen LogP contribution in [0.2, 0.25) is 0 Å². The van der Waals surface area contributed by atoms with Gasteiger partial charge < -0.3 is 14.2 Å². The van der Waals surface area contributed by atoms with Gasteiger partial charge in [0.1, 0.15) is 5.82 Å². The van der Waals surface area contributed by atoms with Gasteiger partial charge in [0.25, 0.3) is 5.91 Å². The number of halogens is 1. The highest BCUT2D eigenvalue weighted by Crippen LogP contribution is 2.19. The largest absolute Gasteiger partial charge is 0.379 e. The molecule has 0 aromatic carbocycles. The molecule has 4 rings (SSSR count). The summed E-state index contributed by atoms with van der Waals surface area (Å²) in [6.07, 6.45) is 5.05. The van der Waals surface area contributed by atoms with Crippen LogP contribution in [0.3, 0.4) is 0 Å². The summed E-state index contributed by atoms with van der Waals surface area (Å²) in [6, 6.07) is 2.75. The molecule has 0 spiro atoms. The molecule has 138 valence electrons. The predicted molar refractivity (Wildman–Crippen MR) is 91.9 cm³/mol. The fourth-order valence-corrected chi connectivity index (χ4v) is 3.68. The van der Waals surface area contributed by atoms with E-state index in [0.717, 1.165) is 45.2 Å². The molecule has 2 aliphatic heterocycles. The van der Waals surface area contributed by atoms with E-state index in [1.165, 1.54) is 12.3 Å². The van der Waals surface area contributed by atoms with Gasteiger partial charge in [0.2, 0.25) is 5.95 Å². The van der Waals surface area contributed by atoms with Crippen molar-refractivity contribution in [2.75, 3.05) is 39.4 Å². The number of imidazole rings is 1. The molecule has 8 heteroatoms. The number of morpholine rings is 1. The number of hydrogen-bond donors (Lipinski definition) is 0. The SMILES string of the molecule is O=C(c1ccnc(F)c1)N1Cc2nccn2CC(CN2CCOCC2)C1. The third-order valence-electron chi connectivity index (χ3n) is 4.95. The topological polar surface area (TPSA) is 63.5 Å². The fraction of sp³-hybridized carbons (Fsp3) is 0.500. The molecule has 0 saturated carbocycles. The zero-order valence-electron chi connectivity index (χ0n) is 14.6. The number of nitrogens with zero attached hydrogens (tertiary/aromatic N) is 5. The Balaban J connectivity index is 1.54. The van der Waals surface area contributed by atoms with Crippen LogP contribution in [0.5, 0.6) is 0 Å². The zero-order chi connectivity index (χ0) is 17.9. The van der Waals surface area contributed by atoms with Crippen LogP contribution >= 0.6 is 0 Å². The number of rotatable bonds is 3. The zero-order valence-corrected chi connectivity index (χ0v) is 14.6. The first kappa shape index (κ1) is 17.1. The second-order valence-electron chi connectivity index (χ2n) is 6.83. The van der Waals surface area contributed by atoms with Gasteiger partial charge in [0.05, 0.1) is 19.8 Å². The van der Waals surface area contributed by atoms with E-state index >= 15 is 0 Å². The third-order valence-corrected chi connectivity index (χ3v) is 4.95. The maximum absolute atomic E-state index is 13.4. The summed E-state index contributed by atoms with van der Waals surface area (Å²) < 4.78 is 21.0. The first-order valence-corrected chi connectivity index (χ1v) is 8.90. The Morgan fingerprint density at radius 2 is 2.08 bits per heavy atom. The first-order valence-electron chi connectivity index (χ1n) is 8.90. The van der Waals surface area contributed by atoms with Crippen molar-refractivity contribution in [3.05, 3.63) is 48.1 Å². The van der Waals surface area contributed by atoms with Crippen LogP contribution in [0.15, 0.2) is 30.7 Å². The minimum absolute atomic E-state index is 0.185. The van der Waals surface area contributed by atoms with Gasteiger partial charge in [0, 0.05) is 68.9 Å². The second-order valence-corrected chi connectivity index (χ2v) is 6.83. The summed E-state index contributed by atoms with van der Waals surface area (Å²) >= 11 is 0. The van der Waals surface area contributed by atoms with Crippen molar-refractivity contribution >= 4 is 5.91 Å². The van der Waals surface area contributed by atoms with Crippen molar-refractivity contribution in [3.8, 4) is 0 Å². The average Bonchev–Trinajstić information content (AvgIpc) is 3.00. The molecule has 1 amide bonds. The molecule has 0 N–H and O–H groups in total. The number of fused-ring (bicyclic) bond motifs is 1. The van der Waals surface area contributed by atoms with E-state index in [9.17, 15) is 9.18 Å². The van der Waals surface area contributed by atoms with Crippen molar-refractivity contribution in [1.82, 2.24) is 24.3 Å². The Kier molecular flexibility index (Phi) is 4.94. The van der Waals surface area contributed by atoms with Crippen LogP contribution in [0, 0.1) is 11.9 Å². The number of aromatic nitrogens is 3. The smallest absolute Gasteiger partial charge is 0.254 e. The van der Waals surface area contributed by atoms with E-state index in [0.29, 0.717) is 18.7 Å². The molecule has 7 nitrogen and oxygen atoms in total. The number of hydrogen-bond acceptors (Lipinski definition) is 5. The molecule has 26 heavy (non-hydrogen) atoms. The molecule has 4 heterocycles. The number of carbonyl (C=O) groups excluding carboxylic acids is 1. The fourth-order valence-electron chi connectivity index (χ4n) is 3.68. The second kappa shape index (κ2) is 7.51. The van der Waals surface area contributed by atoms with Gasteiger partial charge >= 0.3 is 0 Å². The van der Waals surface area contributed by atoms with E-state index in [2.05, 4.69) is 19.4 Å². The molecule has 2 aromatic heterocycles. The molecule has 1 saturated heterocycles. The lowest BCUT2D eigenvalue weighted by molar-refractivity contribution is 0.0263. The Labute approximate surface area is 151 Å². The molecule has 1 unspecified atom stereocenters. The minimum atomic E-state index is -0.642. The van der Waals surface area contributed by atoms with Gasteiger partial charge in [-0.2, -0.15) is 4.39 Å². The molecular formula is C18H22FN5O2. The number of pyridine rings is 1. The van der Waals surface area contributed by atoms with Crippen LogP contribution in [0.25, 0.3) is 0 Å². The van der Waals surface area contributed by atoms with Gasteiger partial charge in [-0.15, -0.1) is 0 Å². The molecule has 0 radical (unpaired) electrons. The van der Waals surface area contributed by atoms with Crippen molar-refractivity contribution in [2.45, 2.75) is 13.1 Å². The van der Waals surface area contributed by atoms with E-state index < -0.39 is 5.95 Å². The maximum atomic E-state index is 13.4. The Bertz CT molecular complexity index is 774. The van der Waals surface area contributed by atoms with Gasteiger partial charge in [-0.25, -0.2) is 9.97 Å². The Morgan fingerprint density at radius 3 is 2.88 bits per heavy atom. The molecule has 2 aromatic rings. The Hall–Kier alpha value is -2.32. The van der Waals surface area contributed by atoms with Crippen LogP contribution < -0.4 is 0 Å². The van der Waals surface area contributed by atoms with Gasteiger partial charge in [-0.05, 0) is 6.07 Å². The van der Waals surface area contributed by atoms with E-state index in [1.54, 1.807) is 17.2 Å². The quantitative estimate of drug-likeness (QED) is 0.766. The number of carbonyl (C=O) groups is 1. The molecule has 0 bridgehead atoms. The molecule has 2 aliphatic rings. The lowest BCUT2D eigenvalue weighted by Gasteiger charge is -2.31. The summed E-state index contributed by atoms with van der Waals surface area (Å²) in [4.78, 5) is 25.0. The monoisotopic (exact) mass is 359 g/mol. The van der Waals surface area contributed by atoms with Crippen LogP contribution in [-0.4, -0.2) is 69.6 Å². The molecule has 0 aliphatic carbocycles. The first-order chi connectivity index (χ1) is 12.7. The predicted octanol–water partition coefficient (Wildman–Crippen LogP) is 1.02. The summed E-state index contributed by atoms with van der Waals surface area (Å²) in [5, 5.41) is 0. The highest BCUT2D eigenvalue weighted by Gasteiger charge is 2.28. The highest BCUT2D eigenvalue weighted by molar-refractivity contribution is 5.94. The molecule has 1 fully saturated rings. The summed E-state index contributed by atoms with van der Waals surface area (Å²) in [5.41, 5.74) is 0.322. The summed E-state index contributed by atoms with van der Waals surface area (Å²) in [6.45, 7) is 6.09. The average molecular weight is 359 g/mol. The van der Waals surface area contributed by atoms with E-state index in [-0.39, 0.29) is 11.8 Å². The Morgan fingerprint density at radius 1 is 1.23 bits per heavy atom. The van der Waals surface area contributed by atoms with Gasteiger partial charge in [-0.1, -0.05) is 0 Å². The van der Waals surface area contributed by atoms with Crippen LogP contribution in [0.1, 0.15) is 16.2 Å². The minimum Gasteiger partial charge on any atom is -0.379 e. The lowest BCUT2D eigenvalue weighted by Crippen LogP contribution is -2.43. The van der Waals surface area contributed by atoms with E-state index in [4.69, 9.17) is 4.74 Å². The summed E-state index contributed by atoms with van der Waals surface area (Å²) in [7, 11) is 0. The number of ether oxygens (including phenoxy) is 1. The number of amides is 1. The standard InChI is InChI=1S/C18H22FN5O2/c19-16-9-15(1-2-20-16)18(25)24-12-14(10-22-5-7-26-8-6-22)11-23-4-3-21-17(23)13-24/h1-4,9,14H,5-8,10-13H2. The van der Waals surface area contributed by atoms with Crippen LogP contribution in [0.4, 0.5) is 4.39 Å². The van der Waals surface area contributed by atoms with Crippen molar-refractivity contribution in [2.24, 2.45) is 5.92 Å². The van der Waals surface area contributed by atoms with Crippen LogP contribution in [-0.2, 0) is 17.8 Å².